The van der Waals surface area contributed by atoms with Crippen molar-refractivity contribution in [3.63, 3.8) is 0 Å². The van der Waals surface area contributed by atoms with Gasteiger partial charge in [0.2, 0.25) is 0 Å². The summed E-state index contributed by atoms with van der Waals surface area (Å²) in [6.07, 6.45) is 2.31. The highest BCUT2D eigenvalue weighted by Crippen LogP contribution is 2.38. The van der Waals surface area contributed by atoms with Crippen molar-refractivity contribution in [2.75, 3.05) is 23.8 Å². The van der Waals surface area contributed by atoms with Gasteiger partial charge in [0.05, 0.1) is 22.3 Å². The second kappa shape index (κ2) is 12.1. The summed E-state index contributed by atoms with van der Waals surface area (Å²) < 4.78 is 0. The lowest BCUT2D eigenvalue weighted by molar-refractivity contribution is 0.102. The van der Waals surface area contributed by atoms with Gasteiger partial charge >= 0.3 is 8.80 Å². The lowest BCUT2D eigenvalue weighted by Crippen LogP contribution is -2.27. The van der Waals surface area contributed by atoms with Crippen LogP contribution < -0.4 is 10.6 Å². The third-order valence-electron chi connectivity index (χ3n) is 7.03. The molecule has 0 fully saturated rings. The molecule has 37 heavy (non-hydrogen) atoms. The van der Waals surface area contributed by atoms with E-state index in [0.29, 0.717) is 27.6 Å². The number of carbonyl (C=O) groups is 1. The second-order valence-electron chi connectivity index (χ2n) is 10.5. The standard InChI is InChI=1S/C29H36ClN3O2SSi/c1-17(2)37(18(3)4)19(5)14-22-16-24(15-21-10-12-31-26(21)22)32-28(35)27-25(11-13-34)33-29(36-27)20-6-8-23(30)9-7-20/h6-9,15-19,31,34H,10-14H2,1-5H3/p+1. The van der Waals surface area contributed by atoms with E-state index in [1.807, 2.05) is 24.3 Å². The molecule has 8 heteroatoms. The fourth-order valence-corrected chi connectivity index (χ4v) is 10.9. The number of rotatable bonds is 10. The summed E-state index contributed by atoms with van der Waals surface area (Å²) >= 11 is 7.39. The minimum atomic E-state index is -0.540. The third kappa shape index (κ3) is 6.45. The molecule has 0 saturated carbocycles. The first kappa shape index (κ1) is 27.8. The van der Waals surface area contributed by atoms with Crippen LogP contribution in [0.15, 0.2) is 36.4 Å². The molecule has 0 aliphatic carbocycles. The maximum atomic E-state index is 13.5. The molecule has 196 valence electrons. The van der Waals surface area contributed by atoms with Gasteiger partial charge in [-0.3, -0.25) is 4.79 Å². The summed E-state index contributed by atoms with van der Waals surface area (Å²) in [5, 5.41) is 17.7. The maximum absolute atomic E-state index is 13.5. The Hall–Kier alpha value is -2.19. The van der Waals surface area contributed by atoms with Crippen LogP contribution in [-0.2, 0) is 19.3 Å². The van der Waals surface area contributed by atoms with Gasteiger partial charge in [0, 0.05) is 48.0 Å². The highest BCUT2D eigenvalue weighted by molar-refractivity contribution is 7.17. The Kier molecular flexibility index (Phi) is 9.11. The molecule has 5 nitrogen and oxygen atoms in total. The molecule has 2 aromatic carbocycles. The highest BCUT2D eigenvalue weighted by Gasteiger charge is 2.41. The number of thiazole rings is 1. The number of aliphatic hydroxyl groups excluding tert-OH is 1. The zero-order chi connectivity index (χ0) is 26.7. The number of hydrogen-bond acceptors (Lipinski definition) is 5. The van der Waals surface area contributed by atoms with E-state index >= 15 is 0 Å². The van der Waals surface area contributed by atoms with E-state index in [9.17, 15) is 9.90 Å². The van der Waals surface area contributed by atoms with Gasteiger partial charge in [-0.2, -0.15) is 0 Å². The van der Waals surface area contributed by atoms with Gasteiger partial charge in [0.15, 0.2) is 0 Å². The smallest absolute Gasteiger partial charge is 0.323 e. The molecule has 0 radical (unpaired) electrons. The number of anilines is 2. The Balaban J connectivity index is 1.61. The Morgan fingerprint density at radius 2 is 1.86 bits per heavy atom. The molecule has 1 aliphatic rings. The Bertz CT molecular complexity index is 1230. The monoisotopic (exact) mass is 554 g/mol. The van der Waals surface area contributed by atoms with Gasteiger partial charge in [-0.05, 0) is 76.4 Å². The summed E-state index contributed by atoms with van der Waals surface area (Å²) in [5.41, 5.74) is 8.23. The van der Waals surface area contributed by atoms with Crippen molar-refractivity contribution in [1.82, 2.24) is 4.98 Å². The predicted molar refractivity (Wildman–Crippen MR) is 159 cm³/mol. The van der Waals surface area contributed by atoms with Crippen molar-refractivity contribution in [2.24, 2.45) is 0 Å². The molecule has 0 saturated heterocycles. The lowest BCUT2D eigenvalue weighted by Gasteiger charge is -2.19. The molecule has 3 N–H and O–H groups in total. The van der Waals surface area contributed by atoms with E-state index < -0.39 is 8.80 Å². The number of benzene rings is 2. The summed E-state index contributed by atoms with van der Waals surface area (Å²) in [6.45, 7) is 12.7. The number of carbonyl (C=O) groups excluding carboxylic acids is 1. The molecule has 1 aliphatic heterocycles. The largest absolute Gasteiger partial charge is 0.396 e. The SMILES string of the molecule is CC(C)[Si+](C(C)C)C(C)Cc1cc(NC(=O)c2sc(-c3ccc(Cl)cc3)nc2CCO)cc2c1NCC2. The number of nitrogens with one attached hydrogen (secondary N) is 2. The van der Waals surface area contributed by atoms with Crippen LogP contribution in [0.4, 0.5) is 11.4 Å². The first-order chi connectivity index (χ1) is 17.7. The van der Waals surface area contributed by atoms with Gasteiger partial charge < -0.3 is 15.7 Å². The number of aliphatic hydroxyl groups is 1. The minimum Gasteiger partial charge on any atom is -0.396 e. The second-order valence-corrected chi connectivity index (χ2v) is 16.2. The number of aromatic nitrogens is 1. The normalized spacial score (nSPS) is 13.5. The predicted octanol–water partition coefficient (Wildman–Crippen LogP) is 7.47. The average Bonchev–Trinajstić information content (AvgIpc) is 3.47. The lowest BCUT2D eigenvalue weighted by atomic mass is 10.0. The zero-order valence-electron chi connectivity index (χ0n) is 22.3. The molecule has 1 unspecified atom stereocenters. The molecule has 1 amide bonds. The van der Waals surface area contributed by atoms with Crippen molar-refractivity contribution < 1.29 is 9.90 Å². The van der Waals surface area contributed by atoms with Crippen LogP contribution >= 0.6 is 22.9 Å². The zero-order valence-corrected chi connectivity index (χ0v) is 24.9. The minimum absolute atomic E-state index is 0.0632. The highest BCUT2D eigenvalue weighted by atomic mass is 35.5. The maximum Gasteiger partial charge on any atom is 0.323 e. The number of amides is 1. The molecular weight excluding hydrogens is 518 g/mol. The fourth-order valence-electron chi connectivity index (χ4n) is 5.71. The van der Waals surface area contributed by atoms with Crippen LogP contribution in [0.3, 0.4) is 0 Å². The van der Waals surface area contributed by atoms with Gasteiger partial charge in [0.1, 0.15) is 9.88 Å². The molecule has 0 bridgehead atoms. The number of hydrogen-bond donors (Lipinski definition) is 3. The molecule has 1 atom stereocenters. The van der Waals surface area contributed by atoms with Crippen molar-refractivity contribution in [3.05, 3.63) is 63.1 Å². The Morgan fingerprint density at radius 1 is 1.16 bits per heavy atom. The van der Waals surface area contributed by atoms with Gasteiger partial charge in [-0.25, -0.2) is 4.98 Å². The van der Waals surface area contributed by atoms with Crippen molar-refractivity contribution in [3.8, 4) is 10.6 Å². The van der Waals surface area contributed by atoms with Crippen molar-refractivity contribution in [1.29, 1.82) is 0 Å². The van der Waals surface area contributed by atoms with E-state index in [0.717, 1.165) is 46.7 Å². The first-order valence-corrected chi connectivity index (χ1v) is 16.0. The molecular formula is C29H37ClN3O2SSi+. The molecule has 1 aromatic heterocycles. The van der Waals surface area contributed by atoms with Gasteiger partial charge in [-0.1, -0.05) is 23.7 Å². The van der Waals surface area contributed by atoms with Crippen LogP contribution in [0, 0.1) is 0 Å². The first-order valence-electron chi connectivity index (χ1n) is 13.1. The van der Waals surface area contributed by atoms with Crippen LogP contribution in [0.2, 0.25) is 21.6 Å². The Morgan fingerprint density at radius 3 is 2.51 bits per heavy atom. The summed E-state index contributed by atoms with van der Waals surface area (Å²) in [4.78, 5) is 18.7. The van der Waals surface area contributed by atoms with E-state index in [-0.39, 0.29) is 12.5 Å². The van der Waals surface area contributed by atoms with E-state index in [2.05, 4.69) is 62.4 Å². The summed E-state index contributed by atoms with van der Waals surface area (Å²) in [7, 11) is -0.540. The summed E-state index contributed by atoms with van der Waals surface area (Å²) in [6, 6.07) is 11.7. The number of nitrogens with zero attached hydrogens (tertiary/aromatic N) is 1. The van der Waals surface area contributed by atoms with Crippen LogP contribution in [0.1, 0.15) is 61.1 Å². The van der Waals surface area contributed by atoms with Gasteiger partial charge in [0.25, 0.3) is 5.91 Å². The fraction of sp³-hybridized carbons (Fsp3) is 0.448. The average molecular weight is 555 g/mol. The molecule has 3 aromatic rings. The Labute approximate surface area is 231 Å². The van der Waals surface area contributed by atoms with Gasteiger partial charge in [-0.15, -0.1) is 11.3 Å². The van der Waals surface area contributed by atoms with Crippen LogP contribution in [-0.4, -0.2) is 37.9 Å². The third-order valence-corrected chi connectivity index (χ3v) is 12.4. The van der Waals surface area contributed by atoms with Crippen LogP contribution in [0.5, 0.6) is 0 Å². The van der Waals surface area contributed by atoms with Crippen molar-refractivity contribution >= 4 is 49.0 Å². The van der Waals surface area contributed by atoms with E-state index in [1.54, 1.807) is 0 Å². The number of fused-ring (bicyclic) bond motifs is 1. The topological polar surface area (TPSA) is 74.2 Å². The molecule has 2 heterocycles. The molecule has 4 rings (SSSR count). The van der Waals surface area contributed by atoms with Crippen molar-refractivity contribution in [2.45, 2.75) is 70.5 Å². The molecule has 0 spiro atoms. The number of halogens is 1. The quantitative estimate of drug-likeness (QED) is 0.227. The van der Waals surface area contributed by atoms with E-state index in [1.165, 1.54) is 28.2 Å². The summed E-state index contributed by atoms with van der Waals surface area (Å²) in [5.74, 6) is -0.180. The van der Waals surface area contributed by atoms with Crippen LogP contribution in [0.25, 0.3) is 10.6 Å². The van der Waals surface area contributed by atoms with E-state index in [4.69, 9.17) is 11.6 Å².